The van der Waals surface area contributed by atoms with Crippen molar-refractivity contribution in [2.24, 2.45) is 7.05 Å². The first-order valence-electron chi connectivity index (χ1n) is 9.51. The van der Waals surface area contributed by atoms with Gasteiger partial charge >= 0.3 is 0 Å². The molecule has 1 fully saturated rings. The lowest BCUT2D eigenvalue weighted by Crippen LogP contribution is -2.32. The normalized spacial score (nSPS) is 16.5. The average Bonchev–Trinajstić information content (AvgIpc) is 3.30. The van der Waals surface area contributed by atoms with E-state index in [4.69, 9.17) is 5.10 Å². The van der Waals surface area contributed by atoms with Crippen molar-refractivity contribution < 1.29 is 9.18 Å². The van der Waals surface area contributed by atoms with Crippen molar-refractivity contribution in [2.45, 2.75) is 32.2 Å². The quantitative estimate of drug-likeness (QED) is 0.693. The highest BCUT2D eigenvalue weighted by molar-refractivity contribution is 5.80. The number of aromatic nitrogens is 3. The van der Waals surface area contributed by atoms with Crippen LogP contribution in [0, 0.1) is 12.7 Å². The number of rotatable bonds is 4. The van der Waals surface area contributed by atoms with Crippen LogP contribution in [0.2, 0.25) is 0 Å². The maximum absolute atomic E-state index is 13.1. The molecule has 1 amide bonds. The first-order valence-corrected chi connectivity index (χ1v) is 9.51. The van der Waals surface area contributed by atoms with Gasteiger partial charge in [0, 0.05) is 37.7 Å². The van der Waals surface area contributed by atoms with E-state index in [-0.39, 0.29) is 24.2 Å². The zero-order valence-corrected chi connectivity index (χ0v) is 16.1. The van der Waals surface area contributed by atoms with E-state index in [0.717, 1.165) is 47.3 Å². The Labute approximate surface area is 163 Å². The van der Waals surface area contributed by atoms with E-state index in [0.29, 0.717) is 0 Å². The van der Waals surface area contributed by atoms with Crippen LogP contribution in [0.1, 0.15) is 35.7 Å². The fraction of sp³-hybridized carbons (Fsp3) is 0.318. The Balaban J connectivity index is 1.63. The summed E-state index contributed by atoms with van der Waals surface area (Å²) in [7, 11) is 1.91. The van der Waals surface area contributed by atoms with Gasteiger partial charge in [0.1, 0.15) is 5.82 Å². The zero-order valence-electron chi connectivity index (χ0n) is 16.1. The Bertz CT molecular complexity index is 996. The minimum absolute atomic E-state index is 0.0447. The van der Waals surface area contributed by atoms with Gasteiger partial charge in [-0.15, -0.1) is 0 Å². The second kappa shape index (κ2) is 7.54. The molecular formula is C22H23FN4O. The van der Waals surface area contributed by atoms with Gasteiger partial charge < -0.3 is 4.90 Å². The second-order valence-electron chi connectivity index (χ2n) is 7.34. The molecular weight excluding hydrogens is 355 g/mol. The molecule has 2 aromatic heterocycles. The number of halogens is 1. The summed E-state index contributed by atoms with van der Waals surface area (Å²) in [6.07, 6.45) is 7.75. The predicted octanol–water partition coefficient (Wildman–Crippen LogP) is 3.84. The molecule has 4 rings (SSSR count). The Morgan fingerprint density at radius 2 is 2.00 bits per heavy atom. The smallest absolute Gasteiger partial charge is 0.227 e. The lowest BCUT2D eigenvalue weighted by Gasteiger charge is -2.24. The van der Waals surface area contributed by atoms with Crippen molar-refractivity contribution in [1.29, 1.82) is 0 Å². The van der Waals surface area contributed by atoms with Crippen LogP contribution in [0.4, 0.5) is 4.39 Å². The highest BCUT2D eigenvalue weighted by Gasteiger charge is 2.33. The van der Waals surface area contributed by atoms with Gasteiger partial charge in [-0.25, -0.2) is 4.39 Å². The van der Waals surface area contributed by atoms with Gasteiger partial charge in [0.2, 0.25) is 5.91 Å². The highest BCUT2D eigenvalue weighted by Crippen LogP contribution is 2.37. The number of amides is 1. The number of benzene rings is 1. The molecule has 0 unspecified atom stereocenters. The zero-order chi connectivity index (χ0) is 19.7. The monoisotopic (exact) mass is 378 g/mol. The fourth-order valence-electron chi connectivity index (χ4n) is 3.96. The van der Waals surface area contributed by atoms with Crippen molar-refractivity contribution in [2.75, 3.05) is 6.54 Å². The summed E-state index contributed by atoms with van der Waals surface area (Å²) in [6.45, 7) is 2.75. The average molecular weight is 378 g/mol. The summed E-state index contributed by atoms with van der Waals surface area (Å²) in [6, 6.07) is 8.09. The molecule has 0 radical (unpaired) electrons. The third-order valence-corrected chi connectivity index (χ3v) is 5.33. The molecule has 0 saturated carbocycles. The lowest BCUT2D eigenvalue weighted by molar-refractivity contribution is -0.131. The van der Waals surface area contributed by atoms with Gasteiger partial charge in [-0.05, 0) is 54.7 Å². The summed E-state index contributed by atoms with van der Waals surface area (Å²) in [4.78, 5) is 19.1. The number of hydrogen-bond acceptors (Lipinski definition) is 3. The summed E-state index contributed by atoms with van der Waals surface area (Å²) >= 11 is 0. The van der Waals surface area contributed by atoms with Crippen molar-refractivity contribution in [3.8, 4) is 11.1 Å². The first-order chi connectivity index (χ1) is 13.5. The van der Waals surface area contributed by atoms with E-state index in [1.165, 1.54) is 12.1 Å². The molecule has 28 heavy (non-hydrogen) atoms. The molecule has 1 aromatic carbocycles. The van der Waals surface area contributed by atoms with Crippen LogP contribution in [-0.4, -0.2) is 32.1 Å². The minimum Gasteiger partial charge on any atom is -0.334 e. The van der Waals surface area contributed by atoms with Crippen LogP contribution in [0.15, 0.2) is 48.9 Å². The van der Waals surface area contributed by atoms with Crippen LogP contribution in [-0.2, 0) is 18.3 Å². The van der Waals surface area contributed by atoms with Gasteiger partial charge in [-0.2, -0.15) is 5.10 Å². The third-order valence-electron chi connectivity index (χ3n) is 5.33. The molecule has 5 nitrogen and oxygen atoms in total. The molecule has 0 N–H and O–H groups in total. The number of likely N-dealkylation sites (tertiary alicyclic amines) is 1. The molecule has 0 spiro atoms. The maximum Gasteiger partial charge on any atom is 0.227 e. The standard InChI is InChI=1S/C22H23FN4O/c1-15-13-24-10-9-18(15)19-14-26(2)25-22(19)20-4-3-11-27(20)21(28)12-16-5-7-17(23)8-6-16/h5-10,13-14,20H,3-4,11-12H2,1-2H3/t20-/m0/s1. The first kappa shape index (κ1) is 18.3. The SMILES string of the molecule is Cc1cnccc1-c1cn(C)nc1[C@@H]1CCCN1C(=O)Cc1ccc(F)cc1. The van der Waals surface area contributed by atoms with Crippen molar-refractivity contribution in [3.63, 3.8) is 0 Å². The number of nitrogens with zero attached hydrogens (tertiary/aromatic N) is 4. The Morgan fingerprint density at radius 1 is 1.21 bits per heavy atom. The maximum atomic E-state index is 13.1. The number of pyridine rings is 1. The van der Waals surface area contributed by atoms with Gasteiger partial charge in [-0.1, -0.05) is 12.1 Å². The summed E-state index contributed by atoms with van der Waals surface area (Å²) in [5.41, 5.74) is 4.98. The topological polar surface area (TPSA) is 51.0 Å². The van der Waals surface area contributed by atoms with Crippen molar-refractivity contribution in [3.05, 3.63) is 71.6 Å². The number of hydrogen-bond donors (Lipinski definition) is 0. The summed E-state index contributed by atoms with van der Waals surface area (Å²) < 4.78 is 14.9. The molecule has 3 aromatic rings. The Kier molecular flexibility index (Phi) is 4.94. The summed E-state index contributed by atoms with van der Waals surface area (Å²) in [5.74, 6) is -0.238. The van der Waals surface area contributed by atoms with E-state index >= 15 is 0 Å². The van der Waals surface area contributed by atoms with Crippen LogP contribution in [0.25, 0.3) is 11.1 Å². The number of aryl methyl sites for hydroxylation is 2. The molecule has 3 heterocycles. The van der Waals surface area contributed by atoms with Crippen LogP contribution in [0.3, 0.4) is 0 Å². The van der Waals surface area contributed by atoms with E-state index in [2.05, 4.69) is 4.98 Å². The fourth-order valence-corrected chi connectivity index (χ4v) is 3.96. The Hall–Kier alpha value is -3.02. The minimum atomic E-state index is -0.291. The predicted molar refractivity (Wildman–Crippen MR) is 105 cm³/mol. The van der Waals surface area contributed by atoms with Gasteiger partial charge in [-0.3, -0.25) is 14.5 Å². The van der Waals surface area contributed by atoms with Gasteiger partial charge in [0.05, 0.1) is 18.2 Å². The van der Waals surface area contributed by atoms with Crippen LogP contribution >= 0.6 is 0 Å². The molecule has 6 heteroatoms. The molecule has 1 atom stereocenters. The largest absolute Gasteiger partial charge is 0.334 e. The van der Waals surface area contributed by atoms with Crippen LogP contribution < -0.4 is 0 Å². The second-order valence-corrected chi connectivity index (χ2v) is 7.34. The van der Waals surface area contributed by atoms with E-state index < -0.39 is 0 Å². The van der Waals surface area contributed by atoms with E-state index in [1.54, 1.807) is 18.3 Å². The van der Waals surface area contributed by atoms with Gasteiger partial charge in [0.15, 0.2) is 0 Å². The molecule has 1 aliphatic rings. The van der Waals surface area contributed by atoms with Gasteiger partial charge in [0.25, 0.3) is 0 Å². The Morgan fingerprint density at radius 3 is 2.75 bits per heavy atom. The van der Waals surface area contributed by atoms with Crippen molar-refractivity contribution in [1.82, 2.24) is 19.7 Å². The molecule has 1 aliphatic heterocycles. The molecule has 0 bridgehead atoms. The highest BCUT2D eigenvalue weighted by atomic mass is 19.1. The van der Waals surface area contributed by atoms with Crippen LogP contribution in [0.5, 0.6) is 0 Å². The lowest BCUT2D eigenvalue weighted by atomic mass is 9.98. The van der Waals surface area contributed by atoms with E-state index in [9.17, 15) is 9.18 Å². The van der Waals surface area contributed by atoms with Crippen molar-refractivity contribution >= 4 is 5.91 Å². The van der Waals surface area contributed by atoms with E-state index in [1.807, 2.05) is 42.0 Å². The number of carbonyl (C=O) groups is 1. The molecule has 144 valence electrons. The molecule has 0 aliphatic carbocycles. The molecule has 1 saturated heterocycles. The number of carbonyl (C=O) groups excluding carboxylic acids is 1. The third kappa shape index (κ3) is 3.54. The summed E-state index contributed by atoms with van der Waals surface area (Å²) in [5, 5.41) is 4.71.